The second-order valence-corrected chi connectivity index (χ2v) is 11.0. The Balaban J connectivity index is 1.84. The lowest BCUT2D eigenvalue weighted by molar-refractivity contribution is -0.298. The quantitative estimate of drug-likeness (QED) is 0.441. The number of hydroxylamine groups is 2. The first kappa shape index (κ1) is 25.9. The maximum atomic E-state index is 12.1. The van der Waals surface area contributed by atoms with Crippen molar-refractivity contribution in [3.8, 4) is 0 Å². The number of quaternary nitrogens is 1. The zero-order valence-corrected chi connectivity index (χ0v) is 21.5. The Morgan fingerprint density at radius 1 is 1.22 bits per heavy atom. The van der Waals surface area contributed by atoms with Gasteiger partial charge in [0.05, 0.1) is 5.69 Å². The normalized spacial score (nSPS) is 22.7. The van der Waals surface area contributed by atoms with Gasteiger partial charge in [-0.2, -0.15) is 15.1 Å². The molecular formula is C27H36N4O5. The summed E-state index contributed by atoms with van der Waals surface area (Å²) in [4.78, 5) is 31.7. The fourth-order valence-electron chi connectivity index (χ4n) is 6.04. The Morgan fingerprint density at radius 2 is 1.86 bits per heavy atom. The fraction of sp³-hybridized carbons (Fsp3) is 0.481. The molecule has 2 heterocycles. The largest absolute Gasteiger partial charge is 0.530 e. The number of hydrogen-bond acceptors (Lipinski definition) is 5. The number of carbonyl (C=O) groups excluding carboxylic acids is 1. The van der Waals surface area contributed by atoms with Gasteiger partial charge in [0.1, 0.15) is 12.6 Å². The van der Waals surface area contributed by atoms with Gasteiger partial charge in [-0.3, -0.25) is 0 Å². The van der Waals surface area contributed by atoms with E-state index in [2.05, 4.69) is 39.7 Å². The predicted octanol–water partition coefficient (Wildman–Crippen LogP) is 4.15. The number of amides is 2. The molecule has 9 nitrogen and oxygen atoms in total. The molecule has 2 amide bonds. The second-order valence-electron chi connectivity index (χ2n) is 11.0. The van der Waals surface area contributed by atoms with E-state index < -0.39 is 12.2 Å². The number of carboxylic acid groups (broad SMARTS) is 2. The van der Waals surface area contributed by atoms with Gasteiger partial charge >= 0.3 is 6.09 Å². The van der Waals surface area contributed by atoms with E-state index in [0.717, 1.165) is 40.5 Å². The summed E-state index contributed by atoms with van der Waals surface area (Å²) < 4.78 is -0.167. The maximum Gasteiger partial charge on any atom is 0.449 e. The summed E-state index contributed by atoms with van der Waals surface area (Å²) >= 11 is 0. The molecule has 2 aromatic carbocycles. The van der Waals surface area contributed by atoms with E-state index in [-0.39, 0.29) is 28.9 Å². The number of rotatable bonds is 7. The van der Waals surface area contributed by atoms with Gasteiger partial charge in [-0.05, 0) is 52.3 Å². The zero-order valence-electron chi connectivity index (χ0n) is 21.5. The van der Waals surface area contributed by atoms with Gasteiger partial charge in [0.25, 0.3) is 0 Å². The van der Waals surface area contributed by atoms with Crippen LogP contribution in [0.1, 0.15) is 52.5 Å². The van der Waals surface area contributed by atoms with E-state index in [4.69, 9.17) is 4.84 Å². The molecule has 0 aromatic heterocycles. The van der Waals surface area contributed by atoms with E-state index in [1.54, 1.807) is 6.07 Å². The zero-order chi connectivity index (χ0) is 26.3. The molecule has 2 aliphatic rings. The highest BCUT2D eigenvalue weighted by atomic mass is 16.7. The van der Waals surface area contributed by atoms with Crippen LogP contribution in [-0.2, 0) is 11.3 Å². The van der Waals surface area contributed by atoms with Crippen molar-refractivity contribution in [3.63, 3.8) is 0 Å². The summed E-state index contributed by atoms with van der Waals surface area (Å²) in [6.07, 6.45) is 2.61. The number of nitrogens with one attached hydrogen (secondary N) is 1. The molecule has 0 spiro atoms. The average molecular weight is 497 g/mol. The predicted molar refractivity (Wildman–Crippen MR) is 138 cm³/mol. The summed E-state index contributed by atoms with van der Waals surface area (Å²) in [5, 5.41) is 25.6. The molecule has 4 rings (SSSR count). The van der Waals surface area contributed by atoms with Crippen molar-refractivity contribution >= 4 is 34.3 Å². The number of benzene rings is 2. The minimum absolute atomic E-state index is 0.0384. The van der Waals surface area contributed by atoms with Crippen molar-refractivity contribution in [3.05, 3.63) is 48.6 Å². The molecule has 194 valence electrons. The van der Waals surface area contributed by atoms with Gasteiger partial charge in [-0.15, -0.1) is 6.58 Å². The molecular weight excluding hydrogens is 460 g/mol. The number of hydrogen-bond donors (Lipinski definition) is 2. The Hall–Kier alpha value is -3.14. The first-order valence-electron chi connectivity index (χ1n) is 12.4. The maximum absolute atomic E-state index is 12.1. The van der Waals surface area contributed by atoms with Crippen LogP contribution in [0.25, 0.3) is 10.8 Å². The minimum Gasteiger partial charge on any atom is -0.530 e. The van der Waals surface area contributed by atoms with Crippen molar-refractivity contribution < 1.29 is 24.6 Å². The Bertz CT molecular complexity index is 1180. The van der Waals surface area contributed by atoms with Gasteiger partial charge in [-0.25, -0.2) is 9.63 Å². The van der Waals surface area contributed by atoms with Crippen LogP contribution >= 0.6 is 0 Å². The topological polar surface area (TPSA) is 105 Å². The lowest BCUT2D eigenvalue weighted by Crippen LogP contribution is -2.65. The summed E-state index contributed by atoms with van der Waals surface area (Å²) in [6.45, 7) is 12.8. The standard InChI is InChI=1S/C27H36N4O5/c1-6-15-29(25(34)35)22-17-23-21(19-10-7-8-11-20(19)22)12-16-31(23,28-24(32)33)18-36-30-26(2,3)13-9-14-27(30,4)5/h6-8,10-11,17,28H,1,9,12-16,18H2,2-5H3,(H-,32,33,34,35). The van der Waals surface area contributed by atoms with Gasteiger partial charge in [0, 0.05) is 41.1 Å². The molecule has 0 radical (unpaired) electrons. The van der Waals surface area contributed by atoms with Crippen LogP contribution in [0.3, 0.4) is 0 Å². The van der Waals surface area contributed by atoms with Gasteiger partial charge in [0.15, 0.2) is 5.69 Å². The smallest absolute Gasteiger partial charge is 0.449 e. The average Bonchev–Trinajstić information content (AvgIpc) is 3.13. The fourth-order valence-corrected chi connectivity index (χ4v) is 6.04. The van der Waals surface area contributed by atoms with E-state index in [1.165, 1.54) is 6.08 Å². The third-order valence-electron chi connectivity index (χ3n) is 7.53. The van der Waals surface area contributed by atoms with Crippen molar-refractivity contribution in [1.29, 1.82) is 0 Å². The molecule has 0 bridgehead atoms. The van der Waals surface area contributed by atoms with Gasteiger partial charge in [-0.1, -0.05) is 30.3 Å². The summed E-state index contributed by atoms with van der Waals surface area (Å²) in [7, 11) is 0. The molecule has 1 saturated heterocycles. The van der Waals surface area contributed by atoms with E-state index in [0.29, 0.717) is 24.3 Å². The first-order chi connectivity index (χ1) is 16.9. The Morgan fingerprint density at radius 3 is 2.44 bits per heavy atom. The van der Waals surface area contributed by atoms with Crippen molar-refractivity contribution in [2.75, 3.05) is 24.7 Å². The molecule has 2 N–H and O–H groups in total. The molecule has 1 unspecified atom stereocenters. The van der Waals surface area contributed by atoms with E-state index in [9.17, 15) is 19.8 Å². The van der Waals surface area contributed by atoms with Crippen LogP contribution in [0.15, 0.2) is 43.0 Å². The van der Waals surface area contributed by atoms with Crippen molar-refractivity contribution in [1.82, 2.24) is 15.1 Å². The molecule has 2 aromatic rings. The summed E-state index contributed by atoms with van der Waals surface area (Å²) in [5.41, 5.74) is 4.34. The summed E-state index contributed by atoms with van der Waals surface area (Å²) in [5.74, 6) is 0. The van der Waals surface area contributed by atoms with Crippen LogP contribution in [0.5, 0.6) is 0 Å². The lowest BCUT2D eigenvalue weighted by Gasteiger charge is -2.51. The number of carbonyl (C=O) groups is 2. The number of anilines is 1. The van der Waals surface area contributed by atoms with Crippen LogP contribution in [-0.4, -0.2) is 53.3 Å². The molecule has 2 aliphatic heterocycles. The monoisotopic (exact) mass is 496 g/mol. The van der Waals surface area contributed by atoms with Crippen LogP contribution in [0.4, 0.5) is 21.0 Å². The molecule has 1 atom stereocenters. The van der Waals surface area contributed by atoms with Crippen LogP contribution in [0.2, 0.25) is 0 Å². The molecule has 9 heteroatoms. The highest BCUT2D eigenvalue weighted by Crippen LogP contribution is 2.44. The Labute approximate surface area is 212 Å². The molecule has 0 saturated carbocycles. The first-order valence-corrected chi connectivity index (χ1v) is 12.4. The molecule has 1 fully saturated rings. The van der Waals surface area contributed by atoms with E-state index >= 15 is 0 Å². The second kappa shape index (κ2) is 9.38. The molecule has 0 aliphatic carbocycles. The highest BCUT2D eigenvalue weighted by Gasteiger charge is 2.47. The lowest BCUT2D eigenvalue weighted by atomic mass is 9.82. The van der Waals surface area contributed by atoms with Crippen LogP contribution < -0.4 is 20.0 Å². The number of piperidine rings is 1. The van der Waals surface area contributed by atoms with E-state index in [1.807, 2.05) is 29.3 Å². The van der Waals surface area contributed by atoms with Gasteiger partial charge in [0.2, 0.25) is 6.73 Å². The SMILES string of the molecule is C=CCN(C(=O)[O-])c1cc2c(c3ccccc13)CC[N+]2(CON1C(C)(C)CCCC1(C)C)NC(=O)O. The number of fused-ring (bicyclic) bond motifs is 3. The molecule has 36 heavy (non-hydrogen) atoms. The minimum atomic E-state index is -1.35. The number of nitrogens with zero attached hydrogens (tertiary/aromatic N) is 3. The van der Waals surface area contributed by atoms with Crippen LogP contribution in [0, 0.1) is 0 Å². The third kappa shape index (κ3) is 4.54. The van der Waals surface area contributed by atoms with Crippen molar-refractivity contribution in [2.45, 2.75) is 64.5 Å². The van der Waals surface area contributed by atoms with Crippen molar-refractivity contribution in [2.24, 2.45) is 0 Å². The Kier molecular flexibility index (Phi) is 6.76. The summed E-state index contributed by atoms with van der Waals surface area (Å²) in [6, 6.07) is 9.33. The third-order valence-corrected chi connectivity index (χ3v) is 7.53. The van der Waals surface area contributed by atoms with Gasteiger partial charge < -0.3 is 19.9 Å². The highest BCUT2D eigenvalue weighted by molar-refractivity contribution is 6.05.